The van der Waals surface area contributed by atoms with E-state index >= 15 is 0 Å². The summed E-state index contributed by atoms with van der Waals surface area (Å²) in [5.74, 6) is -0.640. The van der Waals surface area contributed by atoms with E-state index in [1.165, 1.54) is 0 Å². The Morgan fingerprint density at radius 1 is 1.31 bits per heavy atom. The van der Waals surface area contributed by atoms with Crippen molar-refractivity contribution in [2.75, 3.05) is 12.3 Å². The number of rotatable bonds is 8. The van der Waals surface area contributed by atoms with Gasteiger partial charge in [-0.2, -0.15) is 5.26 Å². The molecule has 0 saturated heterocycles. The number of hydrogen-bond acceptors (Lipinski definition) is 5. The molecule has 0 radical (unpaired) electrons. The molecule has 2 fully saturated rings. The van der Waals surface area contributed by atoms with Crippen LogP contribution in [0.3, 0.4) is 0 Å². The van der Waals surface area contributed by atoms with Crippen molar-refractivity contribution >= 4 is 21.7 Å². The van der Waals surface area contributed by atoms with E-state index in [-0.39, 0.29) is 35.8 Å². The first-order chi connectivity index (χ1) is 13.6. The SMILES string of the molecule is CC1(C)C2CCC1(CS(=O)(=O)NC(Cc1ccccc1)C(=O)NCC#N)C(=O)C2. The average Bonchev–Trinajstić information content (AvgIpc) is 3.00. The van der Waals surface area contributed by atoms with E-state index in [2.05, 4.69) is 10.0 Å². The molecule has 2 aliphatic carbocycles. The summed E-state index contributed by atoms with van der Waals surface area (Å²) in [5.41, 5.74) is -0.482. The van der Waals surface area contributed by atoms with E-state index in [4.69, 9.17) is 5.26 Å². The van der Waals surface area contributed by atoms with Gasteiger partial charge in [-0.25, -0.2) is 13.1 Å². The Hall–Kier alpha value is -2.24. The van der Waals surface area contributed by atoms with Crippen LogP contribution >= 0.6 is 0 Å². The molecular formula is C21H27N3O4S. The maximum atomic E-state index is 13.1. The molecule has 8 heteroatoms. The van der Waals surface area contributed by atoms with Gasteiger partial charge in [-0.05, 0) is 36.2 Å². The van der Waals surface area contributed by atoms with Crippen LogP contribution in [0, 0.1) is 28.1 Å². The minimum atomic E-state index is -3.92. The highest BCUT2D eigenvalue weighted by Crippen LogP contribution is 2.64. The van der Waals surface area contributed by atoms with Gasteiger partial charge in [0, 0.05) is 11.8 Å². The third-order valence-corrected chi connectivity index (χ3v) is 8.35. The molecule has 3 rings (SSSR count). The van der Waals surface area contributed by atoms with E-state index < -0.39 is 27.4 Å². The second-order valence-electron chi connectivity index (χ2n) is 8.66. The third-order valence-electron chi connectivity index (χ3n) is 6.84. The second kappa shape index (κ2) is 7.88. The number of amides is 1. The van der Waals surface area contributed by atoms with Crippen molar-refractivity contribution in [1.82, 2.24) is 10.0 Å². The highest BCUT2D eigenvalue weighted by Gasteiger charge is 2.65. The van der Waals surface area contributed by atoms with Crippen LogP contribution < -0.4 is 10.0 Å². The molecule has 0 aliphatic heterocycles. The zero-order valence-corrected chi connectivity index (χ0v) is 17.6. The van der Waals surface area contributed by atoms with Gasteiger partial charge in [0.25, 0.3) is 0 Å². The molecule has 0 heterocycles. The average molecular weight is 418 g/mol. The van der Waals surface area contributed by atoms with Crippen LogP contribution in [0.5, 0.6) is 0 Å². The van der Waals surface area contributed by atoms with Gasteiger partial charge in [-0.15, -0.1) is 0 Å². The summed E-state index contributed by atoms with van der Waals surface area (Å²) in [7, 11) is -3.92. The molecule has 1 amide bonds. The Morgan fingerprint density at radius 3 is 2.55 bits per heavy atom. The maximum absolute atomic E-state index is 13.1. The van der Waals surface area contributed by atoms with Crippen molar-refractivity contribution in [2.24, 2.45) is 16.7 Å². The molecule has 2 aliphatic rings. The van der Waals surface area contributed by atoms with E-state index in [9.17, 15) is 18.0 Å². The number of ketones is 1. The summed E-state index contributed by atoms with van der Waals surface area (Å²) in [5, 5.41) is 11.2. The quantitative estimate of drug-likeness (QED) is 0.623. The third kappa shape index (κ3) is 4.07. The van der Waals surface area contributed by atoms with Crippen molar-refractivity contribution in [1.29, 1.82) is 5.26 Å². The number of hydrogen-bond donors (Lipinski definition) is 2. The first kappa shape index (κ1) is 21.5. The predicted octanol–water partition coefficient (Wildman–Crippen LogP) is 1.55. The van der Waals surface area contributed by atoms with Crippen molar-refractivity contribution in [2.45, 2.75) is 45.6 Å². The molecule has 3 atom stereocenters. The zero-order valence-electron chi connectivity index (χ0n) is 16.8. The highest BCUT2D eigenvalue weighted by atomic mass is 32.2. The lowest BCUT2D eigenvalue weighted by molar-refractivity contribution is -0.128. The minimum Gasteiger partial charge on any atom is -0.342 e. The zero-order chi connectivity index (χ0) is 21.3. The molecular weight excluding hydrogens is 390 g/mol. The molecule has 156 valence electrons. The fraction of sp³-hybridized carbons (Fsp3) is 0.571. The number of carbonyl (C=O) groups excluding carboxylic acids is 2. The monoisotopic (exact) mass is 417 g/mol. The molecule has 3 unspecified atom stereocenters. The van der Waals surface area contributed by atoms with Crippen molar-refractivity contribution in [3.05, 3.63) is 35.9 Å². The fourth-order valence-corrected chi connectivity index (χ4v) is 7.01. The smallest absolute Gasteiger partial charge is 0.239 e. The van der Waals surface area contributed by atoms with Gasteiger partial charge in [0.05, 0.1) is 11.8 Å². The topological polar surface area (TPSA) is 116 Å². The Labute approximate surface area is 171 Å². The van der Waals surface area contributed by atoms with Crippen molar-refractivity contribution < 1.29 is 18.0 Å². The maximum Gasteiger partial charge on any atom is 0.239 e. The molecule has 2 N–H and O–H groups in total. The van der Waals surface area contributed by atoms with Crippen molar-refractivity contribution in [3.8, 4) is 6.07 Å². The van der Waals surface area contributed by atoms with Gasteiger partial charge < -0.3 is 5.32 Å². The summed E-state index contributed by atoms with van der Waals surface area (Å²) in [6, 6.07) is 9.84. The highest BCUT2D eigenvalue weighted by molar-refractivity contribution is 7.89. The largest absolute Gasteiger partial charge is 0.342 e. The van der Waals surface area contributed by atoms with Gasteiger partial charge in [0.2, 0.25) is 15.9 Å². The standard InChI is InChI=1S/C21H27N3O4S/c1-20(2)16-8-9-21(20,18(25)13-16)14-29(27,28)24-17(19(26)23-11-10-22)12-15-6-4-3-5-7-15/h3-7,16-17,24H,8-9,11-14H2,1-2H3,(H,23,26). The molecule has 29 heavy (non-hydrogen) atoms. The van der Waals surface area contributed by atoms with Crippen LogP contribution in [0.15, 0.2) is 30.3 Å². The van der Waals surface area contributed by atoms with Crippen LogP contribution in [0.25, 0.3) is 0 Å². The number of fused-ring (bicyclic) bond motifs is 2. The predicted molar refractivity (Wildman–Crippen MR) is 108 cm³/mol. The molecule has 1 aromatic carbocycles. The number of carbonyl (C=O) groups is 2. The van der Waals surface area contributed by atoms with Crippen LogP contribution in [0.1, 0.15) is 38.7 Å². The lowest BCUT2D eigenvalue weighted by Gasteiger charge is -2.36. The minimum absolute atomic E-state index is 0.0117. The molecule has 7 nitrogen and oxygen atoms in total. The number of sulfonamides is 1. The Kier molecular flexibility index (Phi) is 5.84. The Balaban J connectivity index is 1.81. The van der Waals surface area contributed by atoms with Gasteiger partial charge in [0.1, 0.15) is 18.4 Å². The lowest BCUT2D eigenvalue weighted by Crippen LogP contribution is -2.52. The molecule has 1 aromatic rings. The van der Waals surface area contributed by atoms with E-state index in [1.807, 2.05) is 50.2 Å². The molecule has 0 aromatic heterocycles. The molecule has 2 saturated carbocycles. The number of nitrogens with zero attached hydrogens (tertiary/aromatic N) is 1. The second-order valence-corrected chi connectivity index (χ2v) is 10.4. The van der Waals surface area contributed by atoms with Crippen molar-refractivity contribution in [3.63, 3.8) is 0 Å². The van der Waals surface area contributed by atoms with Gasteiger partial charge in [-0.1, -0.05) is 44.2 Å². The first-order valence-corrected chi connectivity index (χ1v) is 11.5. The number of Topliss-reactive ketones (excluding diaryl/α,β-unsaturated/α-hetero) is 1. The van der Waals surface area contributed by atoms with Gasteiger partial charge in [-0.3, -0.25) is 9.59 Å². The number of nitrogens with one attached hydrogen (secondary N) is 2. The van der Waals surface area contributed by atoms with Crippen LogP contribution in [0.4, 0.5) is 0 Å². The van der Waals surface area contributed by atoms with Crippen LogP contribution in [-0.2, 0) is 26.0 Å². The van der Waals surface area contributed by atoms with Gasteiger partial charge in [0.15, 0.2) is 0 Å². The van der Waals surface area contributed by atoms with E-state index in [1.54, 1.807) is 0 Å². The van der Waals surface area contributed by atoms with E-state index in [0.29, 0.717) is 12.8 Å². The lowest BCUT2D eigenvalue weighted by atomic mass is 9.70. The van der Waals surface area contributed by atoms with E-state index in [0.717, 1.165) is 12.0 Å². The summed E-state index contributed by atoms with van der Waals surface area (Å²) >= 11 is 0. The Bertz CT molecular complexity index is 936. The Morgan fingerprint density at radius 2 is 2.00 bits per heavy atom. The number of benzene rings is 1. The normalized spacial score (nSPS) is 26.1. The summed E-state index contributed by atoms with van der Waals surface area (Å²) < 4.78 is 28.7. The summed E-state index contributed by atoms with van der Waals surface area (Å²) in [6.45, 7) is 3.75. The van der Waals surface area contributed by atoms with Gasteiger partial charge >= 0.3 is 0 Å². The fourth-order valence-electron chi connectivity index (χ4n) is 4.98. The summed E-state index contributed by atoms with van der Waals surface area (Å²) in [6.07, 6.45) is 2.00. The first-order valence-electron chi connectivity index (χ1n) is 9.83. The van der Waals surface area contributed by atoms with Crippen LogP contribution in [-0.4, -0.2) is 38.4 Å². The summed E-state index contributed by atoms with van der Waals surface area (Å²) in [4.78, 5) is 25.2. The van der Waals surface area contributed by atoms with Crippen LogP contribution in [0.2, 0.25) is 0 Å². The molecule has 2 bridgehead atoms. The number of nitriles is 1. The molecule has 0 spiro atoms.